The summed E-state index contributed by atoms with van der Waals surface area (Å²) in [7, 11) is 0. The van der Waals surface area contributed by atoms with Gasteiger partial charge in [-0.25, -0.2) is 9.37 Å². The number of fused-ring (bicyclic) bond motifs is 3. The maximum absolute atomic E-state index is 14.1. The van der Waals surface area contributed by atoms with Crippen LogP contribution in [-0.4, -0.2) is 47.9 Å². The highest BCUT2D eigenvalue weighted by Crippen LogP contribution is 2.48. The van der Waals surface area contributed by atoms with Crippen molar-refractivity contribution in [2.75, 3.05) is 0 Å². The fraction of sp³-hybridized carbons (Fsp3) is 0.333. The third-order valence-corrected chi connectivity index (χ3v) is 7.73. The Balaban J connectivity index is 1.30. The number of piperidine rings is 2. The molecule has 0 radical (unpaired) electrons. The van der Waals surface area contributed by atoms with Crippen LogP contribution in [0, 0.1) is 29.0 Å². The summed E-state index contributed by atoms with van der Waals surface area (Å²) < 4.78 is 13.5. The summed E-state index contributed by atoms with van der Waals surface area (Å²) in [5.74, 6) is 0.512. The van der Waals surface area contributed by atoms with Gasteiger partial charge in [0, 0.05) is 24.3 Å². The Morgan fingerprint density at radius 3 is 2.72 bits per heavy atom. The molecule has 2 bridgehead atoms. The topological polar surface area (TPSA) is 101 Å². The molecule has 8 nitrogen and oxygen atoms in total. The molecule has 1 unspecified atom stereocenters. The maximum Gasteiger partial charge on any atom is 0.256 e. The molecule has 2 aromatic carbocycles. The highest BCUT2D eigenvalue weighted by molar-refractivity contribution is 5.98. The molecule has 0 spiro atoms. The lowest BCUT2D eigenvalue weighted by Gasteiger charge is -2.57. The van der Waals surface area contributed by atoms with Gasteiger partial charge >= 0.3 is 0 Å². The van der Waals surface area contributed by atoms with Crippen molar-refractivity contribution >= 4 is 16.9 Å². The number of benzene rings is 2. The number of carbonyl (C=O) groups excluding carboxylic acids is 1. The van der Waals surface area contributed by atoms with Gasteiger partial charge in [-0.15, -0.1) is 0 Å². The van der Waals surface area contributed by atoms with E-state index in [0.717, 1.165) is 25.0 Å². The van der Waals surface area contributed by atoms with Crippen LogP contribution < -0.4 is 0 Å². The summed E-state index contributed by atoms with van der Waals surface area (Å²) in [6.45, 7) is 2.22. The third-order valence-electron chi connectivity index (χ3n) is 7.73. The van der Waals surface area contributed by atoms with Gasteiger partial charge in [0.2, 0.25) is 0 Å². The molecular weight excluding hydrogens is 457 g/mol. The first-order valence-corrected chi connectivity index (χ1v) is 12.2. The van der Waals surface area contributed by atoms with Crippen LogP contribution in [0.1, 0.15) is 47.8 Å². The van der Waals surface area contributed by atoms with Crippen LogP contribution in [0.3, 0.4) is 0 Å². The minimum Gasteiger partial charge on any atom is -0.332 e. The predicted octanol–water partition coefficient (Wildman–Crippen LogP) is 4.09. The fourth-order valence-corrected chi connectivity index (χ4v) is 5.71. The first-order chi connectivity index (χ1) is 17.5. The summed E-state index contributed by atoms with van der Waals surface area (Å²) in [6, 6.07) is 11.8. The van der Waals surface area contributed by atoms with Gasteiger partial charge in [0.1, 0.15) is 5.82 Å². The SMILES string of the molecule is C[C@@H]1C2CC(C2)N(C(=O)c2cc(C#N)ccc2-n2nccn2)C1CCc1cnc2cc(F)ccc2n1. The van der Waals surface area contributed by atoms with Crippen LogP contribution in [0.15, 0.2) is 55.0 Å². The number of amides is 1. The molecule has 3 fully saturated rings. The van der Waals surface area contributed by atoms with Gasteiger partial charge in [-0.3, -0.25) is 9.78 Å². The van der Waals surface area contributed by atoms with Crippen molar-refractivity contribution in [1.82, 2.24) is 29.9 Å². The minimum atomic E-state index is -0.334. The van der Waals surface area contributed by atoms with Crippen molar-refractivity contribution in [1.29, 1.82) is 5.26 Å². The Hall–Kier alpha value is -4.19. The van der Waals surface area contributed by atoms with E-state index in [2.05, 4.69) is 33.2 Å². The minimum absolute atomic E-state index is 0.0323. The average molecular weight is 482 g/mol. The number of nitrogens with zero attached hydrogens (tertiary/aromatic N) is 7. The van der Waals surface area contributed by atoms with Crippen molar-refractivity contribution in [2.45, 2.75) is 44.7 Å². The van der Waals surface area contributed by atoms with Crippen LogP contribution in [0.5, 0.6) is 0 Å². The Morgan fingerprint density at radius 2 is 1.94 bits per heavy atom. The van der Waals surface area contributed by atoms with Gasteiger partial charge in [0.15, 0.2) is 0 Å². The Kier molecular flexibility index (Phi) is 5.44. The van der Waals surface area contributed by atoms with Crippen molar-refractivity contribution < 1.29 is 9.18 Å². The number of hydrogen-bond donors (Lipinski definition) is 0. The van der Waals surface area contributed by atoms with Crippen LogP contribution in [0.2, 0.25) is 0 Å². The lowest BCUT2D eigenvalue weighted by molar-refractivity contribution is -0.0570. The molecule has 3 aliphatic rings. The number of carbonyl (C=O) groups is 1. The highest BCUT2D eigenvalue weighted by Gasteiger charge is 2.50. The van der Waals surface area contributed by atoms with Gasteiger partial charge in [0.05, 0.1) is 52.0 Å². The summed E-state index contributed by atoms with van der Waals surface area (Å²) >= 11 is 0. The van der Waals surface area contributed by atoms with E-state index < -0.39 is 0 Å². The number of aromatic nitrogens is 5. The third kappa shape index (κ3) is 3.79. The van der Waals surface area contributed by atoms with Crippen molar-refractivity contribution in [3.8, 4) is 11.8 Å². The number of hydrogen-bond acceptors (Lipinski definition) is 6. The molecule has 2 aromatic heterocycles. The molecule has 2 atom stereocenters. The molecule has 0 N–H and O–H groups in total. The summed E-state index contributed by atoms with van der Waals surface area (Å²) in [4.78, 5) is 26.6. The normalized spacial score (nSPS) is 22.8. The van der Waals surface area contributed by atoms with Crippen molar-refractivity contribution in [2.24, 2.45) is 11.8 Å². The van der Waals surface area contributed by atoms with Crippen molar-refractivity contribution in [3.05, 3.63) is 77.6 Å². The van der Waals surface area contributed by atoms with Crippen LogP contribution in [0.4, 0.5) is 4.39 Å². The Bertz CT molecular complexity index is 1490. The van der Waals surface area contributed by atoms with Crippen LogP contribution in [-0.2, 0) is 6.42 Å². The highest BCUT2D eigenvalue weighted by atomic mass is 19.1. The molecule has 2 aliphatic heterocycles. The lowest BCUT2D eigenvalue weighted by Crippen LogP contribution is -2.63. The van der Waals surface area contributed by atoms with Crippen LogP contribution >= 0.6 is 0 Å². The molecule has 180 valence electrons. The fourth-order valence-electron chi connectivity index (χ4n) is 5.71. The monoisotopic (exact) mass is 481 g/mol. The van der Waals surface area contributed by atoms with Crippen molar-refractivity contribution in [3.63, 3.8) is 0 Å². The molecule has 1 aliphatic carbocycles. The Morgan fingerprint density at radius 1 is 1.14 bits per heavy atom. The summed E-state index contributed by atoms with van der Waals surface area (Å²) in [5.41, 5.74) is 3.42. The zero-order valence-corrected chi connectivity index (χ0v) is 19.8. The number of aryl methyl sites for hydroxylation is 1. The smallest absolute Gasteiger partial charge is 0.256 e. The summed E-state index contributed by atoms with van der Waals surface area (Å²) in [5, 5.41) is 17.9. The second-order valence-corrected chi connectivity index (χ2v) is 9.72. The van der Waals surface area contributed by atoms with E-state index in [1.165, 1.54) is 16.9 Å². The predicted molar refractivity (Wildman–Crippen MR) is 130 cm³/mol. The molecule has 36 heavy (non-hydrogen) atoms. The number of nitriles is 1. The number of halogens is 1. The van der Waals surface area contributed by atoms with Gasteiger partial charge in [-0.1, -0.05) is 6.92 Å². The number of rotatable bonds is 5. The standard InChI is InChI=1S/C27H24FN7O/c1-16-18-11-21(12-18)34(25(16)7-4-20-15-30-24-13-19(28)3-5-23(24)33-20)27(36)22-10-17(14-29)2-6-26(22)35-31-8-9-32-35/h2-3,5-6,8-10,13,15-16,18,21,25H,4,7,11-12H2,1H3/t16-,18?,21?,25?/m1/s1. The molecule has 4 aromatic rings. The van der Waals surface area contributed by atoms with E-state index >= 15 is 0 Å². The summed E-state index contributed by atoms with van der Waals surface area (Å²) in [6.07, 6.45) is 8.22. The van der Waals surface area contributed by atoms with E-state index in [9.17, 15) is 14.4 Å². The van der Waals surface area contributed by atoms with Gasteiger partial charge in [0.25, 0.3) is 5.91 Å². The maximum atomic E-state index is 14.1. The molecule has 7 rings (SSSR count). The van der Waals surface area contributed by atoms with Gasteiger partial charge in [-0.2, -0.15) is 20.3 Å². The second kappa shape index (κ2) is 8.79. The van der Waals surface area contributed by atoms with E-state index in [1.807, 2.05) is 4.90 Å². The molecule has 1 saturated carbocycles. The zero-order valence-electron chi connectivity index (χ0n) is 19.8. The van der Waals surface area contributed by atoms with E-state index in [1.54, 1.807) is 42.9 Å². The zero-order chi connectivity index (χ0) is 24.8. The lowest BCUT2D eigenvalue weighted by atomic mass is 9.63. The first-order valence-electron chi connectivity index (χ1n) is 12.2. The first kappa shape index (κ1) is 22.3. The van der Waals surface area contributed by atoms with E-state index in [4.69, 9.17) is 0 Å². The molecule has 9 heteroatoms. The van der Waals surface area contributed by atoms with E-state index in [0.29, 0.717) is 46.1 Å². The molecule has 2 saturated heterocycles. The van der Waals surface area contributed by atoms with E-state index in [-0.39, 0.29) is 23.8 Å². The average Bonchev–Trinajstić information content (AvgIpc) is 3.41. The van der Waals surface area contributed by atoms with Crippen LogP contribution in [0.25, 0.3) is 16.7 Å². The second-order valence-electron chi connectivity index (χ2n) is 9.72. The van der Waals surface area contributed by atoms with Gasteiger partial charge in [-0.05, 0) is 67.9 Å². The molecule has 1 amide bonds. The molecular formula is C27H24FN7O. The largest absolute Gasteiger partial charge is 0.332 e. The Labute approximate surface area is 207 Å². The molecule has 4 heterocycles. The van der Waals surface area contributed by atoms with Gasteiger partial charge < -0.3 is 4.90 Å². The quantitative estimate of drug-likeness (QED) is 0.426.